The summed E-state index contributed by atoms with van der Waals surface area (Å²) in [4.78, 5) is 17.1. The van der Waals surface area contributed by atoms with Gasteiger partial charge >= 0.3 is 0 Å². The number of aromatic nitrogens is 4. The van der Waals surface area contributed by atoms with Crippen LogP contribution in [0.2, 0.25) is 0 Å². The quantitative estimate of drug-likeness (QED) is 0.492. The maximum atomic E-state index is 13.5. The molecule has 0 saturated carbocycles. The van der Waals surface area contributed by atoms with Crippen LogP contribution in [0.4, 0.5) is 8.78 Å². The number of halogens is 2. The number of carbonyl (C=O) groups excluding carboxylic acids is 1. The average Bonchev–Trinajstić information content (AvgIpc) is 3.42. The fourth-order valence-corrected chi connectivity index (χ4v) is 4.32. The molecule has 0 atom stereocenters. The molecular weight excluding hydrogens is 438 g/mol. The summed E-state index contributed by atoms with van der Waals surface area (Å²) >= 11 is 0. The zero-order chi connectivity index (χ0) is 23.5. The Morgan fingerprint density at radius 2 is 1.35 bits per heavy atom. The molecule has 172 valence electrons. The van der Waals surface area contributed by atoms with Crippen molar-refractivity contribution >= 4 is 5.91 Å². The van der Waals surface area contributed by atoms with E-state index in [0.717, 1.165) is 16.7 Å². The molecule has 0 aliphatic carbocycles. The molecular formula is C25H22F2N6O. The van der Waals surface area contributed by atoms with E-state index in [2.05, 4.69) is 25.5 Å². The molecule has 34 heavy (non-hydrogen) atoms. The first-order valence-electron chi connectivity index (χ1n) is 11.0. The Morgan fingerprint density at radius 1 is 0.794 bits per heavy atom. The molecule has 2 heterocycles. The van der Waals surface area contributed by atoms with Gasteiger partial charge in [0, 0.05) is 37.3 Å². The molecule has 1 fully saturated rings. The van der Waals surface area contributed by atoms with Crippen LogP contribution in [-0.4, -0.2) is 62.5 Å². The lowest BCUT2D eigenvalue weighted by molar-refractivity contribution is 0.0597. The summed E-state index contributed by atoms with van der Waals surface area (Å²) in [6.07, 6.45) is 0. The largest absolute Gasteiger partial charge is 0.336 e. The van der Waals surface area contributed by atoms with E-state index in [1.54, 1.807) is 48.5 Å². The Bertz CT molecular complexity index is 1190. The third kappa shape index (κ3) is 4.55. The molecule has 7 nitrogen and oxygen atoms in total. The maximum absolute atomic E-state index is 13.5. The summed E-state index contributed by atoms with van der Waals surface area (Å²) in [7, 11) is 0. The highest BCUT2D eigenvalue weighted by Crippen LogP contribution is 2.30. The van der Waals surface area contributed by atoms with Crippen molar-refractivity contribution in [3.05, 3.63) is 101 Å². The lowest BCUT2D eigenvalue weighted by atomic mass is 9.96. The van der Waals surface area contributed by atoms with Gasteiger partial charge in [-0.25, -0.2) is 8.78 Å². The van der Waals surface area contributed by atoms with Crippen LogP contribution < -0.4 is 0 Å². The van der Waals surface area contributed by atoms with Crippen LogP contribution in [-0.2, 0) is 0 Å². The molecule has 1 aromatic heterocycles. The van der Waals surface area contributed by atoms with Gasteiger partial charge in [0.05, 0.1) is 6.04 Å². The minimum atomic E-state index is -0.303. The second kappa shape index (κ2) is 9.48. The van der Waals surface area contributed by atoms with E-state index in [0.29, 0.717) is 37.6 Å². The molecule has 5 rings (SSSR count). The smallest absolute Gasteiger partial charge is 0.253 e. The van der Waals surface area contributed by atoms with Crippen LogP contribution in [0.3, 0.4) is 0 Å². The van der Waals surface area contributed by atoms with E-state index in [4.69, 9.17) is 0 Å². The Morgan fingerprint density at radius 3 is 1.85 bits per heavy atom. The van der Waals surface area contributed by atoms with Crippen LogP contribution >= 0.6 is 0 Å². The van der Waals surface area contributed by atoms with E-state index in [1.165, 1.54) is 24.3 Å². The number of hydrogen-bond acceptors (Lipinski definition) is 5. The molecule has 1 N–H and O–H groups in total. The van der Waals surface area contributed by atoms with Crippen LogP contribution in [0.25, 0.3) is 11.4 Å². The number of rotatable bonds is 5. The molecule has 0 spiro atoms. The molecule has 9 heteroatoms. The number of amides is 1. The van der Waals surface area contributed by atoms with E-state index >= 15 is 0 Å². The molecule has 0 unspecified atom stereocenters. The van der Waals surface area contributed by atoms with Gasteiger partial charge in [-0.05, 0) is 52.7 Å². The van der Waals surface area contributed by atoms with Gasteiger partial charge in [0.1, 0.15) is 11.6 Å². The van der Waals surface area contributed by atoms with Crippen LogP contribution in [0.15, 0.2) is 72.8 Å². The van der Waals surface area contributed by atoms with Crippen LogP contribution in [0.5, 0.6) is 0 Å². The van der Waals surface area contributed by atoms with E-state index in [-0.39, 0.29) is 23.6 Å². The van der Waals surface area contributed by atoms with Gasteiger partial charge in [-0.1, -0.05) is 36.4 Å². The van der Waals surface area contributed by atoms with E-state index in [9.17, 15) is 13.6 Å². The highest BCUT2D eigenvalue weighted by atomic mass is 19.1. The zero-order valence-corrected chi connectivity index (χ0v) is 18.2. The number of nitrogens with zero attached hydrogens (tertiary/aromatic N) is 5. The van der Waals surface area contributed by atoms with Crippen molar-refractivity contribution in [2.24, 2.45) is 0 Å². The molecule has 1 saturated heterocycles. The minimum absolute atomic E-state index is 0.0422. The van der Waals surface area contributed by atoms with Crippen molar-refractivity contribution in [2.75, 3.05) is 26.2 Å². The van der Waals surface area contributed by atoms with Crippen molar-refractivity contribution in [1.82, 2.24) is 30.4 Å². The first-order valence-corrected chi connectivity index (χ1v) is 11.0. The molecule has 1 aliphatic heterocycles. The normalized spacial score (nSPS) is 14.5. The fraction of sp³-hybridized carbons (Fsp3) is 0.200. The number of tetrazole rings is 1. The standard InChI is InChI=1S/C25H22F2N6O/c26-21-9-5-17(6-10-21)23(18-7-11-22(27)12-8-18)32-13-15-33(16-14-32)25(34)20-3-1-19(2-4-20)24-28-30-31-29-24/h1-12,23H,13-16H2,(H,28,29,30,31). The predicted molar refractivity (Wildman–Crippen MR) is 122 cm³/mol. The lowest BCUT2D eigenvalue weighted by Gasteiger charge is -2.39. The molecule has 4 aromatic rings. The van der Waals surface area contributed by atoms with E-state index < -0.39 is 0 Å². The monoisotopic (exact) mass is 460 g/mol. The number of piperazine rings is 1. The Hall–Kier alpha value is -3.98. The molecule has 3 aromatic carbocycles. The van der Waals surface area contributed by atoms with Gasteiger partial charge in [0.2, 0.25) is 5.82 Å². The number of hydrogen-bond donors (Lipinski definition) is 1. The van der Waals surface area contributed by atoms with Crippen molar-refractivity contribution in [2.45, 2.75) is 6.04 Å². The Kier molecular flexibility index (Phi) is 6.09. The fourth-order valence-electron chi connectivity index (χ4n) is 4.32. The highest BCUT2D eigenvalue weighted by Gasteiger charge is 2.28. The van der Waals surface area contributed by atoms with Crippen LogP contribution in [0, 0.1) is 11.6 Å². The number of H-pyrrole nitrogens is 1. The van der Waals surface area contributed by atoms with Crippen molar-refractivity contribution < 1.29 is 13.6 Å². The summed E-state index contributed by atoms with van der Waals surface area (Å²) in [6.45, 7) is 2.35. The van der Waals surface area contributed by atoms with E-state index in [1.807, 2.05) is 4.90 Å². The topological polar surface area (TPSA) is 78.0 Å². The summed E-state index contributed by atoms with van der Waals surface area (Å²) in [5.41, 5.74) is 3.21. The second-order valence-electron chi connectivity index (χ2n) is 8.15. The molecule has 1 amide bonds. The van der Waals surface area contributed by atoms with Gasteiger partial charge < -0.3 is 4.90 Å². The number of aromatic amines is 1. The zero-order valence-electron chi connectivity index (χ0n) is 18.2. The van der Waals surface area contributed by atoms with Gasteiger partial charge in [-0.3, -0.25) is 9.69 Å². The summed E-state index contributed by atoms with van der Waals surface area (Å²) in [5, 5.41) is 13.9. The molecule has 1 aliphatic rings. The predicted octanol–water partition coefficient (Wildman–Crippen LogP) is 3.69. The first-order chi connectivity index (χ1) is 16.6. The Labute approximate surface area is 195 Å². The van der Waals surface area contributed by atoms with Gasteiger partial charge in [0.15, 0.2) is 0 Å². The summed E-state index contributed by atoms with van der Waals surface area (Å²) < 4.78 is 27.1. The van der Waals surface area contributed by atoms with Crippen LogP contribution in [0.1, 0.15) is 27.5 Å². The Balaban J connectivity index is 1.30. The first kappa shape index (κ1) is 21.8. The van der Waals surface area contributed by atoms with Gasteiger partial charge in [0.25, 0.3) is 5.91 Å². The van der Waals surface area contributed by atoms with Crippen molar-refractivity contribution in [3.63, 3.8) is 0 Å². The third-order valence-electron chi connectivity index (χ3n) is 6.07. The van der Waals surface area contributed by atoms with Gasteiger partial charge in [-0.2, -0.15) is 5.21 Å². The summed E-state index contributed by atoms with van der Waals surface area (Å²) in [5.74, 6) is -0.176. The van der Waals surface area contributed by atoms with Gasteiger partial charge in [-0.15, -0.1) is 10.2 Å². The summed E-state index contributed by atoms with van der Waals surface area (Å²) in [6, 6.07) is 19.7. The minimum Gasteiger partial charge on any atom is -0.336 e. The van der Waals surface area contributed by atoms with Crippen molar-refractivity contribution in [1.29, 1.82) is 0 Å². The lowest BCUT2D eigenvalue weighted by Crippen LogP contribution is -2.49. The maximum Gasteiger partial charge on any atom is 0.253 e. The second-order valence-corrected chi connectivity index (χ2v) is 8.15. The number of benzene rings is 3. The molecule has 0 bridgehead atoms. The third-order valence-corrected chi connectivity index (χ3v) is 6.07. The highest BCUT2D eigenvalue weighted by molar-refractivity contribution is 5.94. The van der Waals surface area contributed by atoms with Crippen molar-refractivity contribution in [3.8, 4) is 11.4 Å². The SMILES string of the molecule is O=C(c1ccc(-c2nn[nH]n2)cc1)N1CCN(C(c2ccc(F)cc2)c2ccc(F)cc2)CC1. The number of carbonyl (C=O) groups is 1. The number of nitrogens with one attached hydrogen (secondary N) is 1. The average molecular weight is 460 g/mol. The molecule has 0 radical (unpaired) electrons.